The average Bonchev–Trinajstić information content (AvgIpc) is 3.63. The van der Waals surface area contributed by atoms with Crippen molar-refractivity contribution in [1.29, 1.82) is 0 Å². The first-order valence-corrected chi connectivity index (χ1v) is 15.3. The molecular formula is C22H20N8O7S4. The van der Waals surface area contributed by atoms with Crippen molar-refractivity contribution in [1.82, 2.24) is 29.4 Å². The summed E-state index contributed by atoms with van der Waals surface area (Å²) in [6.07, 6.45) is 4.28. The molecule has 2 aliphatic rings. The van der Waals surface area contributed by atoms with E-state index in [1.165, 1.54) is 68.4 Å². The van der Waals surface area contributed by atoms with Gasteiger partial charge < -0.3 is 30.7 Å². The lowest BCUT2D eigenvalue weighted by molar-refractivity contribution is -0.150. The number of nitrogen functional groups attached to an aromatic ring is 1. The normalized spacial score (nSPS) is 18.6. The number of hydrogen-bond acceptors (Lipinski definition) is 15. The third-order valence-electron chi connectivity index (χ3n) is 5.80. The number of carbonyl (C=O) groups is 3. The summed E-state index contributed by atoms with van der Waals surface area (Å²) in [5.74, 6) is -2.26. The number of rotatable bonds is 11. The number of aromatic hydroxyl groups is 1. The summed E-state index contributed by atoms with van der Waals surface area (Å²) in [6.45, 7) is 0.170. The van der Waals surface area contributed by atoms with Gasteiger partial charge in [-0.1, -0.05) is 9.64 Å². The van der Waals surface area contributed by atoms with Crippen LogP contribution in [0.3, 0.4) is 0 Å². The summed E-state index contributed by atoms with van der Waals surface area (Å²) in [7, 11) is 0. The maximum absolute atomic E-state index is 13.2. The van der Waals surface area contributed by atoms with E-state index in [1.807, 2.05) is 0 Å². The van der Waals surface area contributed by atoms with Gasteiger partial charge in [-0.15, -0.1) is 40.0 Å². The molecule has 5 heterocycles. The highest BCUT2D eigenvalue weighted by atomic mass is 32.2. The van der Waals surface area contributed by atoms with E-state index in [0.29, 0.717) is 17.1 Å². The Bertz CT molecular complexity index is 1600. The van der Waals surface area contributed by atoms with Gasteiger partial charge in [0.2, 0.25) is 5.43 Å². The van der Waals surface area contributed by atoms with E-state index in [4.69, 9.17) is 10.6 Å². The van der Waals surface area contributed by atoms with Crippen molar-refractivity contribution in [3.05, 3.63) is 57.2 Å². The van der Waals surface area contributed by atoms with Gasteiger partial charge in [0.25, 0.3) is 11.8 Å². The highest BCUT2D eigenvalue weighted by molar-refractivity contribution is 8.01. The van der Waals surface area contributed by atoms with Gasteiger partial charge in [-0.25, -0.2) is 9.78 Å². The van der Waals surface area contributed by atoms with Gasteiger partial charge >= 0.3 is 5.97 Å². The number of carboxylic acids is 1. The largest absolute Gasteiger partial charge is 0.503 e. The number of aliphatic carboxylic acids is 1. The predicted molar refractivity (Wildman–Crippen MR) is 152 cm³/mol. The van der Waals surface area contributed by atoms with E-state index in [0.717, 1.165) is 15.5 Å². The van der Waals surface area contributed by atoms with Crippen LogP contribution in [0.5, 0.6) is 5.75 Å². The fraction of sp³-hybridized carbons (Fsp3) is 0.273. The number of aromatic nitrogens is 4. The molecule has 0 bridgehead atoms. The third kappa shape index (κ3) is 6.21. The van der Waals surface area contributed by atoms with Crippen molar-refractivity contribution < 1.29 is 29.4 Å². The van der Waals surface area contributed by atoms with Crippen LogP contribution in [0.1, 0.15) is 5.69 Å². The van der Waals surface area contributed by atoms with Crippen molar-refractivity contribution in [2.24, 2.45) is 5.16 Å². The molecule has 5 rings (SSSR count). The first-order valence-electron chi connectivity index (χ1n) is 11.6. The number of anilines is 1. The predicted octanol–water partition coefficient (Wildman–Crippen LogP) is 0.396. The molecule has 0 spiro atoms. The molecule has 0 radical (unpaired) electrons. The SMILES string of the molecule is Nc1nc(/C(=N/OCCn2ccc(=O)c(O)c2)C(=O)NC2C(=O)N3C(C(=O)O)=C(CSc4cnns4)CS[C@H]23)cs1. The van der Waals surface area contributed by atoms with Crippen molar-refractivity contribution in [3.63, 3.8) is 0 Å². The van der Waals surface area contributed by atoms with Crippen LogP contribution in [0.4, 0.5) is 5.13 Å². The summed E-state index contributed by atoms with van der Waals surface area (Å²) in [5, 5.41) is 30.8. The average molecular weight is 637 g/mol. The Kier molecular flexibility index (Phi) is 8.57. The molecule has 2 atom stereocenters. The van der Waals surface area contributed by atoms with E-state index in [2.05, 4.69) is 25.0 Å². The van der Waals surface area contributed by atoms with Crippen LogP contribution < -0.4 is 16.5 Å². The van der Waals surface area contributed by atoms with Gasteiger partial charge in [0.1, 0.15) is 33.6 Å². The van der Waals surface area contributed by atoms with Crippen LogP contribution in [0.25, 0.3) is 0 Å². The maximum Gasteiger partial charge on any atom is 0.352 e. The van der Waals surface area contributed by atoms with E-state index < -0.39 is 40.4 Å². The first-order chi connectivity index (χ1) is 19.7. The van der Waals surface area contributed by atoms with E-state index in [1.54, 1.807) is 6.20 Å². The lowest BCUT2D eigenvalue weighted by Gasteiger charge is -2.49. The molecule has 0 aromatic carbocycles. The Labute approximate surface area is 247 Å². The van der Waals surface area contributed by atoms with Crippen molar-refractivity contribution in [2.75, 3.05) is 23.8 Å². The number of β-lactam (4-membered cyclic amide) rings is 1. The lowest BCUT2D eigenvalue weighted by atomic mass is 10.0. The Morgan fingerprint density at radius 1 is 1.34 bits per heavy atom. The monoisotopic (exact) mass is 636 g/mol. The van der Waals surface area contributed by atoms with Gasteiger partial charge in [-0.2, -0.15) is 0 Å². The number of fused-ring (bicyclic) bond motifs is 1. The fourth-order valence-electron chi connectivity index (χ4n) is 3.89. The molecule has 15 nitrogen and oxygen atoms in total. The summed E-state index contributed by atoms with van der Waals surface area (Å²) >= 11 is 5.01. The van der Waals surface area contributed by atoms with Gasteiger partial charge in [0.05, 0.1) is 12.7 Å². The van der Waals surface area contributed by atoms with Crippen LogP contribution in [-0.4, -0.2) is 87.3 Å². The van der Waals surface area contributed by atoms with Crippen molar-refractivity contribution >= 4 is 75.0 Å². The highest BCUT2D eigenvalue weighted by Gasteiger charge is 2.54. The van der Waals surface area contributed by atoms with Gasteiger partial charge in [0, 0.05) is 35.3 Å². The summed E-state index contributed by atoms with van der Waals surface area (Å²) < 4.78 is 6.11. The lowest BCUT2D eigenvalue weighted by Crippen LogP contribution is -2.71. The number of carbonyl (C=O) groups excluding carboxylic acids is 2. The molecule has 3 aromatic heterocycles. The summed E-state index contributed by atoms with van der Waals surface area (Å²) in [4.78, 5) is 60.4. The number of thiazole rings is 1. The zero-order valence-electron chi connectivity index (χ0n) is 20.7. The van der Waals surface area contributed by atoms with Crippen LogP contribution >= 0.6 is 46.4 Å². The van der Waals surface area contributed by atoms with Crippen LogP contribution in [-0.2, 0) is 25.8 Å². The molecule has 2 aliphatic heterocycles. The molecule has 1 unspecified atom stereocenters. The maximum atomic E-state index is 13.2. The van der Waals surface area contributed by atoms with Gasteiger partial charge in [0.15, 0.2) is 16.6 Å². The fourth-order valence-corrected chi connectivity index (χ4v) is 7.35. The highest BCUT2D eigenvalue weighted by Crippen LogP contribution is 2.41. The number of hydrogen-bond donors (Lipinski definition) is 4. The second kappa shape index (κ2) is 12.3. The minimum atomic E-state index is -1.23. The molecule has 0 saturated carbocycles. The first kappa shape index (κ1) is 28.6. The molecule has 1 fully saturated rings. The molecule has 214 valence electrons. The molecule has 1 saturated heterocycles. The summed E-state index contributed by atoms with van der Waals surface area (Å²) in [5.41, 5.74) is 5.61. The van der Waals surface area contributed by atoms with Crippen molar-refractivity contribution in [3.8, 4) is 5.75 Å². The molecule has 5 N–H and O–H groups in total. The van der Waals surface area contributed by atoms with Crippen LogP contribution in [0.15, 0.2) is 55.5 Å². The Morgan fingerprint density at radius 3 is 2.85 bits per heavy atom. The zero-order chi connectivity index (χ0) is 29.1. The topological polar surface area (TPSA) is 215 Å². The molecule has 41 heavy (non-hydrogen) atoms. The molecule has 19 heteroatoms. The Morgan fingerprint density at radius 2 is 2.17 bits per heavy atom. The van der Waals surface area contributed by atoms with Crippen LogP contribution in [0.2, 0.25) is 0 Å². The Balaban J connectivity index is 1.27. The second-order valence-corrected chi connectivity index (χ2v) is 12.5. The minimum absolute atomic E-state index is 0.0293. The number of amides is 2. The minimum Gasteiger partial charge on any atom is -0.503 e. The van der Waals surface area contributed by atoms with E-state index >= 15 is 0 Å². The number of pyridine rings is 1. The molecule has 0 aliphatic carbocycles. The summed E-state index contributed by atoms with van der Waals surface area (Å²) in [6, 6.07) is 0.204. The number of thioether (sulfide) groups is 2. The number of nitrogens with one attached hydrogen (secondary N) is 1. The number of nitrogens with zero attached hydrogens (tertiary/aromatic N) is 6. The van der Waals surface area contributed by atoms with Gasteiger partial charge in [-0.05, 0) is 17.1 Å². The van der Waals surface area contributed by atoms with Gasteiger partial charge in [-0.3, -0.25) is 19.3 Å². The molecule has 3 aromatic rings. The third-order valence-corrected chi connectivity index (χ3v) is 9.74. The second-order valence-electron chi connectivity index (χ2n) is 8.42. The van der Waals surface area contributed by atoms with Crippen LogP contribution in [0, 0.1) is 0 Å². The quantitative estimate of drug-likeness (QED) is 0.0738. The smallest absolute Gasteiger partial charge is 0.352 e. The van der Waals surface area contributed by atoms with E-state index in [9.17, 15) is 29.4 Å². The zero-order valence-corrected chi connectivity index (χ0v) is 24.0. The van der Waals surface area contributed by atoms with E-state index in [-0.39, 0.29) is 35.4 Å². The standard InChI is InChI=1S/C22H20N8O7S4/c23-22-25-11(9-40-22)15(27-37-4-3-29-2-1-12(31)13(32)6-29)18(33)26-16-19(34)30-17(21(35)36)10(8-39-20(16)30)7-38-14-5-24-28-41-14/h1-2,5-6,9,16,20,32H,3-4,7-8H2,(H2,23,25)(H,26,33)(H,35,36)/b27-15-/t16?,20-/m1/s1. The number of carboxylic acid groups (broad SMARTS) is 1. The number of nitrogens with two attached hydrogens (primary N) is 1. The molecular weight excluding hydrogens is 617 g/mol. The molecule has 2 amide bonds. The van der Waals surface area contributed by atoms with Crippen molar-refractivity contribution in [2.45, 2.75) is 22.2 Å². The Hall–Kier alpha value is -3.94. The number of oxime groups is 1.